The maximum Gasteiger partial charge on any atom is 0.276 e. The minimum atomic E-state index is -1.11. The molecule has 0 saturated carbocycles. The number of aromatic nitrogens is 2. The van der Waals surface area contributed by atoms with Gasteiger partial charge in [0.1, 0.15) is 24.2 Å². The Morgan fingerprint density at radius 1 is 1.21 bits per heavy atom. The summed E-state index contributed by atoms with van der Waals surface area (Å²) in [5, 5.41) is 15.7. The van der Waals surface area contributed by atoms with Crippen molar-refractivity contribution in [3.63, 3.8) is 0 Å². The van der Waals surface area contributed by atoms with Crippen LogP contribution in [0.2, 0.25) is 0 Å². The summed E-state index contributed by atoms with van der Waals surface area (Å²) in [4.78, 5) is 39.7. The highest BCUT2D eigenvalue weighted by molar-refractivity contribution is 6.02. The second kappa shape index (κ2) is 8.78. The number of nitriles is 1. The smallest absolute Gasteiger partial charge is 0.276 e. The van der Waals surface area contributed by atoms with Gasteiger partial charge in [0.2, 0.25) is 5.43 Å². The van der Waals surface area contributed by atoms with Gasteiger partial charge in [-0.2, -0.15) is 10.4 Å². The number of benzene rings is 2. The van der Waals surface area contributed by atoms with Crippen molar-refractivity contribution in [1.29, 1.82) is 5.26 Å². The van der Waals surface area contributed by atoms with Crippen LogP contribution in [0.25, 0.3) is 5.69 Å². The lowest BCUT2D eigenvalue weighted by molar-refractivity contribution is -0.120. The maximum absolute atomic E-state index is 14.1. The molecule has 3 aromatic rings. The molecule has 2 aromatic carbocycles. The number of likely N-dealkylation sites (N-methyl/N-ethyl adjacent to an activating group) is 1. The van der Waals surface area contributed by atoms with Gasteiger partial charge in [0, 0.05) is 24.9 Å². The molecule has 2 heterocycles. The van der Waals surface area contributed by atoms with Gasteiger partial charge in [0.15, 0.2) is 5.69 Å². The molecular formula is C24H20FN5O4. The van der Waals surface area contributed by atoms with E-state index in [2.05, 4.69) is 10.4 Å². The van der Waals surface area contributed by atoms with Gasteiger partial charge >= 0.3 is 0 Å². The average molecular weight is 461 g/mol. The van der Waals surface area contributed by atoms with E-state index in [1.54, 1.807) is 38.1 Å². The molecule has 0 bridgehead atoms. The Labute approximate surface area is 194 Å². The number of nitrogens with zero attached hydrogens (tertiary/aromatic N) is 4. The summed E-state index contributed by atoms with van der Waals surface area (Å²) in [6, 6.07) is 11.2. The number of carbonyl (C=O) groups excluding carboxylic acids is 2. The molecule has 1 N–H and O–H groups in total. The van der Waals surface area contributed by atoms with Crippen LogP contribution < -0.4 is 20.4 Å². The first kappa shape index (κ1) is 22.7. The molecule has 172 valence electrons. The average Bonchev–Trinajstić information content (AvgIpc) is 2.92. The van der Waals surface area contributed by atoms with E-state index >= 15 is 0 Å². The van der Waals surface area contributed by atoms with E-state index < -0.39 is 34.8 Å². The molecule has 0 aliphatic carbocycles. The summed E-state index contributed by atoms with van der Waals surface area (Å²) in [5.74, 6) is -1.47. The van der Waals surface area contributed by atoms with Crippen LogP contribution in [0.1, 0.15) is 27.3 Å². The summed E-state index contributed by atoms with van der Waals surface area (Å²) >= 11 is 0. The third-order valence-corrected chi connectivity index (χ3v) is 5.51. The first-order chi connectivity index (χ1) is 16.2. The molecule has 1 unspecified atom stereocenters. The summed E-state index contributed by atoms with van der Waals surface area (Å²) in [7, 11) is 1.52. The number of amides is 2. The van der Waals surface area contributed by atoms with Gasteiger partial charge in [0.25, 0.3) is 11.8 Å². The van der Waals surface area contributed by atoms with Crippen LogP contribution in [-0.4, -0.2) is 41.3 Å². The molecule has 10 heteroatoms. The number of hydrogen-bond acceptors (Lipinski definition) is 6. The number of halogens is 1. The Morgan fingerprint density at radius 2 is 1.97 bits per heavy atom. The van der Waals surface area contributed by atoms with Crippen molar-refractivity contribution in [3.05, 3.63) is 81.0 Å². The third-order valence-electron chi connectivity index (χ3n) is 5.51. The van der Waals surface area contributed by atoms with Gasteiger partial charge in [-0.1, -0.05) is 6.07 Å². The molecule has 1 aliphatic heterocycles. The van der Waals surface area contributed by atoms with Crippen molar-refractivity contribution in [1.82, 2.24) is 15.1 Å². The Morgan fingerprint density at radius 3 is 2.68 bits per heavy atom. The zero-order valence-electron chi connectivity index (χ0n) is 18.6. The Bertz CT molecular complexity index is 1430. The number of ether oxygens (including phenoxy) is 1. The monoisotopic (exact) mass is 461 g/mol. The zero-order chi connectivity index (χ0) is 24.6. The van der Waals surface area contributed by atoms with E-state index in [0.717, 1.165) is 0 Å². The van der Waals surface area contributed by atoms with E-state index in [0.29, 0.717) is 33.9 Å². The second-order valence-electron chi connectivity index (χ2n) is 7.87. The van der Waals surface area contributed by atoms with E-state index in [1.165, 1.54) is 34.8 Å². The van der Waals surface area contributed by atoms with Crippen LogP contribution in [-0.2, 0) is 4.79 Å². The standard InChI is InChI=1S/C24H20FN5O4/c1-13-4-6-16(10-17(13)25)30-14(2)8-20(31)22(28-30)23(32)27-18-12-34-21-9-15(11-26)5-7-19(21)29(3)24(18)33/h4-10,18H,12H2,1-3H3,(H,27,32). The first-order valence-corrected chi connectivity index (χ1v) is 10.3. The number of hydrogen-bond donors (Lipinski definition) is 1. The van der Waals surface area contributed by atoms with Gasteiger partial charge in [0.05, 0.1) is 23.0 Å². The lowest BCUT2D eigenvalue weighted by Crippen LogP contribution is -2.50. The molecule has 0 saturated heterocycles. The van der Waals surface area contributed by atoms with Crippen molar-refractivity contribution in [2.24, 2.45) is 0 Å². The number of anilines is 1. The minimum absolute atomic E-state index is 0.208. The Balaban J connectivity index is 1.63. The number of nitrogens with one attached hydrogen (secondary N) is 1. The predicted octanol–water partition coefficient (Wildman–Crippen LogP) is 2.01. The highest BCUT2D eigenvalue weighted by atomic mass is 19.1. The van der Waals surface area contributed by atoms with Crippen LogP contribution in [0, 0.1) is 31.0 Å². The van der Waals surface area contributed by atoms with Crippen molar-refractivity contribution >= 4 is 17.5 Å². The second-order valence-corrected chi connectivity index (χ2v) is 7.87. The van der Waals surface area contributed by atoms with Crippen LogP contribution in [0.3, 0.4) is 0 Å². The van der Waals surface area contributed by atoms with Crippen LogP contribution in [0.4, 0.5) is 10.1 Å². The quantitative estimate of drug-likeness (QED) is 0.638. The molecule has 0 fully saturated rings. The lowest BCUT2D eigenvalue weighted by atomic mass is 10.2. The Hall–Kier alpha value is -4.52. The summed E-state index contributed by atoms with van der Waals surface area (Å²) in [5.41, 5.74) is 0.900. The zero-order valence-corrected chi connectivity index (χ0v) is 18.6. The van der Waals surface area contributed by atoms with Gasteiger partial charge in [-0.3, -0.25) is 14.4 Å². The van der Waals surface area contributed by atoms with E-state index in [1.807, 2.05) is 6.07 Å². The van der Waals surface area contributed by atoms with E-state index in [9.17, 15) is 18.8 Å². The third kappa shape index (κ3) is 4.11. The number of fused-ring (bicyclic) bond motifs is 1. The molecule has 1 aromatic heterocycles. The van der Waals surface area contributed by atoms with Gasteiger partial charge < -0.3 is 15.0 Å². The van der Waals surface area contributed by atoms with Crippen molar-refractivity contribution < 1.29 is 18.7 Å². The van der Waals surface area contributed by atoms with Gasteiger partial charge in [-0.25, -0.2) is 9.07 Å². The minimum Gasteiger partial charge on any atom is -0.489 e. The molecule has 9 nitrogen and oxygen atoms in total. The fourth-order valence-electron chi connectivity index (χ4n) is 3.58. The molecule has 1 atom stereocenters. The Kier molecular flexibility index (Phi) is 5.86. The molecule has 4 rings (SSSR count). The van der Waals surface area contributed by atoms with Crippen LogP contribution in [0.5, 0.6) is 5.75 Å². The van der Waals surface area contributed by atoms with Crippen molar-refractivity contribution in [2.75, 3.05) is 18.6 Å². The molecule has 1 aliphatic rings. The predicted molar refractivity (Wildman–Crippen MR) is 121 cm³/mol. The maximum atomic E-state index is 14.1. The van der Waals surface area contributed by atoms with Gasteiger partial charge in [-0.15, -0.1) is 0 Å². The highest BCUT2D eigenvalue weighted by Crippen LogP contribution is 2.31. The first-order valence-electron chi connectivity index (χ1n) is 10.3. The number of aryl methyl sites for hydroxylation is 2. The molecular weight excluding hydrogens is 441 g/mol. The SMILES string of the molecule is Cc1ccc(-n2nc(C(=O)NC3COc4cc(C#N)ccc4N(C)C3=O)c(=O)cc2C)cc1F. The summed E-state index contributed by atoms with van der Waals surface area (Å²) in [6.07, 6.45) is 0. The van der Waals surface area contributed by atoms with E-state index in [4.69, 9.17) is 10.00 Å². The molecule has 34 heavy (non-hydrogen) atoms. The lowest BCUT2D eigenvalue weighted by Gasteiger charge is -2.20. The topological polar surface area (TPSA) is 117 Å². The number of carbonyl (C=O) groups is 2. The number of rotatable bonds is 3. The summed E-state index contributed by atoms with van der Waals surface area (Å²) < 4.78 is 21.0. The van der Waals surface area contributed by atoms with Crippen molar-refractivity contribution in [2.45, 2.75) is 19.9 Å². The van der Waals surface area contributed by atoms with Crippen molar-refractivity contribution in [3.8, 4) is 17.5 Å². The molecule has 2 amide bonds. The largest absolute Gasteiger partial charge is 0.489 e. The van der Waals surface area contributed by atoms with E-state index in [-0.39, 0.29) is 6.61 Å². The fourth-order valence-corrected chi connectivity index (χ4v) is 3.58. The van der Waals surface area contributed by atoms with Gasteiger partial charge in [-0.05, 0) is 43.7 Å². The summed E-state index contributed by atoms with van der Waals surface area (Å²) in [6.45, 7) is 3.02. The van der Waals surface area contributed by atoms with Crippen LogP contribution in [0.15, 0.2) is 47.3 Å². The molecule has 0 spiro atoms. The fraction of sp³-hybridized carbons (Fsp3) is 0.208. The normalized spacial score (nSPS) is 15.1. The molecule has 0 radical (unpaired) electrons. The highest BCUT2D eigenvalue weighted by Gasteiger charge is 2.32. The van der Waals surface area contributed by atoms with Crippen LogP contribution >= 0.6 is 0 Å².